The van der Waals surface area contributed by atoms with E-state index in [1.807, 2.05) is 13.8 Å². The summed E-state index contributed by atoms with van der Waals surface area (Å²) in [6, 6.07) is 1.16. The molecule has 78 valence electrons. The normalized spacial score (nSPS) is 34.2. The zero-order valence-corrected chi connectivity index (χ0v) is 8.66. The van der Waals surface area contributed by atoms with Crippen LogP contribution in [0.3, 0.4) is 0 Å². The first kappa shape index (κ1) is 11.0. The van der Waals surface area contributed by atoms with Gasteiger partial charge >= 0.3 is 0 Å². The highest BCUT2D eigenvalue weighted by atomic mass is 16.3. The van der Waals surface area contributed by atoms with Crippen LogP contribution in [0.25, 0.3) is 0 Å². The number of aliphatic hydroxyl groups is 1. The van der Waals surface area contributed by atoms with Crippen molar-refractivity contribution < 1.29 is 5.11 Å². The first-order valence-electron chi connectivity index (χ1n) is 5.29. The van der Waals surface area contributed by atoms with E-state index >= 15 is 0 Å². The number of nitrogens with two attached hydrogens (primary N) is 1. The van der Waals surface area contributed by atoms with Gasteiger partial charge in [0.2, 0.25) is 0 Å². The molecule has 0 amide bonds. The molecule has 2 atom stereocenters. The van der Waals surface area contributed by atoms with E-state index in [0.717, 1.165) is 25.7 Å². The van der Waals surface area contributed by atoms with Crippen LogP contribution in [0.4, 0.5) is 0 Å². The predicted octanol–water partition coefficient (Wildman–Crippen LogP) is 0.615. The van der Waals surface area contributed by atoms with Crippen LogP contribution >= 0.6 is 0 Å². The Labute approximate surface area is 80.7 Å². The fourth-order valence-corrected chi connectivity index (χ4v) is 1.80. The van der Waals surface area contributed by atoms with Crippen molar-refractivity contribution in [1.82, 2.24) is 5.32 Å². The zero-order chi connectivity index (χ0) is 9.84. The summed E-state index contributed by atoms with van der Waals surface area (Å²) < 4.78 is 0. The summed E-state index contributed by atoms with van der Waals surface area (Å²) in [4.78, 5) is 0. The molecule has 0 aromatic heterocycles. The standard InChI is InChI=1S/C10H22N2O/c1-7(8(2)13)12-10-5-3-9(11)4-6-10/h7-10,12-13H,3-6,11H2,1-2H3/t7-,8+,9?,10?/m0/s1. The van der Waals surface area contributed by atoms with Crippen molar-refractivity contribution in [2.24, 2.45) is 5.73 Å². The summed E-state index contributed by atoms with van der Waals surface area (Å²) in [5, 5.41) is 12.7. The number of nitrogens with one attached hydrogen (secondary N) is 1. The van der Waals surface area contributed by atoms with Crippen LogP contribution in [0.5, 0.6) is 0 Å². The van der Waals surface area contributed by atoms with Crippen molar-refractivity contribution in [3.8, 4) is 0 Å². The average Bonchev–Trinajstić information content (AvgIpc) is 2.08. The minimum absolute atomic E-state index is 0.194. The van der Waals surface area contributed by atoms with Gasteiger partial charge in [0.25, 0.3) is 0 Å². The molecule has 0 unspecified atom stereocenters. The van der Waals surface area contributed by atoms with Gasteiger partial charge in [-0.2, -0.15) is 0 Å². The second kappa shape index (κ2) is 4.94. The molecule has 1 rings (SSSR count). The predicted molar refractivity (Wildman–Crippen MR) is 54.5 cm³/mol. The molecule has 0 aromatic rings. The van der Waals surface area contributed by atoms with Gasteiger partial charge in [-0.1, -0.05) is 0 Å². The van der Waals surface area contributed by atoms with E-state index in [0.29, 0.717) is 12.1 Å². The van der Waals surface area contributed by atoms with Crippen LogP contribution < -0.4 is 11.1 Å². The van der Waals surface area contributed by atoms with Gasteiger partial charge in [-0.3, -0.25) is 0 Å². The highest BCUT2D eigenvalue weighted by Gasteiger charge is 2.20. The van der Waals surface area contributed by atoms with Gasteiger partial charge in [0.1, 0.15) is 0 Å². The number of rotatable bonds is 3. The molecule has 1 saturated carbocycles. The lowest BCUT2D eigenvalue weighted by Crippen LogP contribution is -2.45. The molecular formula is C10H22N2O. The Morgan fingerprint density at radius 3 is 2.23 bits per heavy atom. The number of aliphatic hydroxyl groups excluding tert-OH is 1. The first-order chi connectivity index (χ1) is 6.09. The maximum absolute atomic E-state index is 9.32. The molecular weight excluding hydrogens is 164 g/mol. The maximum atomic E-state index is 9.32. The monoisotopic (exact) mass is 186 g/mol. The Bertz CT molecular complexity index is 142. The summed E-state index contributed by atoms with van der Waals surface area (Å²) in [7, 11) is 0. The van der Waals surface area contributed by atoms with Crippen molar-refractivity contribution in [2.45, 2.75) is 63.8 Å². The second-order valence-electron chi connectivity index (χ2n) is 4.31. The molecule has 0 spiro atoms. The van der Waals surface area contributed by atoms with Gasteiger partial charge in [-0.25, -0.2) is 0 Å². The van der Waals surface area contributed by atoms with Crippen molar-refractivity contribution in [1.29, 1.82) is 0 Å². The molecule has 4 N–H and O–H groups in total. The van der Waals surface area contributed by atoms with Crippen molar-refractivity contribution in [3.63, 3.8) is 0 Å². The van der Waals surface area contributed by atoms with Gasteiger partial charge in [-0.05, 0) is 39.5 Å². The maximum Gasteiger partial charge on any atom is 0.0662 e. The van der Waals surface area contributed by atoms with Crippen LogP contribution in [0.15, 0.2) is 0 Å². The highest BCUT2D eigenvalue weighted by molar-refractivity contribution is 4.81. The van der Waals surface area contributed by atoms with E-state index in [2.05, 4.69) is 5.32 Å². The van der Waals surface area contributed by atoms with Gasteiger partial charge in [0.15, 0.2) is 0 Å². The van der Waals surface area contributed by atoms with E-state index in [9.17, 15) is 5.11 Å². The van der Waals surface area contributed by atoms with E-state index < -0.39 is 0 Å². The van der Waals surface area contributed by atoms with Gasteiger partial charge in [0, 0.05) is 18.1 Å². The van der Waals surface area contributed by atoms with Crippen LogP contribution in [0.1, 0.15) is 39.5 Å². The van der Waals surface area contributed by atoms with E-state index in [4.69, 9.17) is 5.73 Å². The quantitative estimate of drug-likeness (QED) is 0.605. The Hall–Kier alpha value is -0.120. The Kier molecular flexibility index (Phi) is 4.16. The molecule has 0 aliphatic heterocycles. The molecule has 0 heterocycles. The van der Waals surface area contributed by atoms with Crippen molar-refractivity contribution >= 4 is 0 Å². The third-order valence-electron chi connectivity index (χ3n) is 2.99. The van der Waals surface area contributed by atoms with Crippen molar-refractivity contribution in [2.75, 3.05) is 0 Å². The molecule has 1 fully saturated rings. The van der Waals surface area contributed by atoms with Crippen LogP contribution in [0.2, 0.25) is 0 Å². The minimum atomic E-state index is -0.268. The highest BCUT2D eigenvalue weighted by Crippen LogP contribution is 2.17. The minimum Gasteiger partial charge on any atom is -0.392 e. The molecule has 0 bridgehead atoms. The summed E-state index contributed by atoms with van der Waals surface area (Å²) in [6.45, 7) is 3.85. The number of hydrogen-bond acceptors (Lipinski definition) is 3. The van der Waals surface area contributed by atoms with Crippen LogP contribution in [0, 0.1) is 0 Å². The largest absolute Gasteiger partial charge is 0.392 e. The summed E-state index contributed by atoms with van der Waals surface area (Å²) in [5.74, 6) is 0. The summed E-state index contributed by atoms with van der Waals surface area (Å²) >= 11 is 0. The SMILES string of the molecule is C[C@H](NC1CCC(N)CC1)[C@@H](C)O. The molecule has 1 aliphatic carbocycles. The van der Waals surface area contributed by atoms with Gasteiger partial charge in [0.05, 0.1) is 6.10 Å². The fraction of sp³-hybridized carbons (Fsp3) is 1.00. The van der Waals surface area contributed by atoms with E-state index in [1.165, 1.54) is 0 Å². The molecule has 13 heavy (non-hydrogen) atoms. The third kappa shape index (κ3) is 3.63. The Morgan fingerprint density at radius 2 is 1.77 bits per heavy atom. The van der Waals surface area contributed by atoms with E-state index in [-0.39, 0.29) is 12.1 Å². The first-order valence-corrected chi connectivity index (χ1v) is 5.29. The lowest BCUT2D eigenvalue weighted by atomic mass is 9.91. The molecule has 1 aliphatic rings. The second-order valence-corrected chi connectivity index (χ2v) is 4.31. The Morgan fingerprint density at radius 1 is 1.23 bits per heavy atom. The average molecular weight is 186 g/mol. The zero-order valence-electron chi connectivity index (χ0n) is 8.66. The summed E-state index contributed by atoms with van der Waals surface area (Å²) in [5.41, 5.74) is 5.81. The molecule has 3 heteroatoms. The van der Waals surface area contributed by atoms with E-state index in [1.54, 1.807) is 0 Å². The number of hydrogen-bond donors (Lipinski definition) is 3. The van der Waals surface area contributed by atoms with Gasteiger partial charge in [-0.15, -0.1) is 0 Å². The van der Waals surface area contributed by atoms with Crippen LogP contribution in [-0.4, -0.2) is 29.3 Å². The molecule has 0 saturated heterocycles. The topological polar surface area (TPSA) is 58.3 Å². The van der Waals surface area contributed by atoms with Crippen LogP contribution in [-0.2, 0) is 0 Å². The molecule has 0 aromatic carbocycles. The molecule has 3 nitrogen and oxygen atoms in total. The van der Waals surface area contributed by atoms with Crippen molar-refractivity contribution in [3.05, 3.63) is 0 Å². The third-order valence-corrected chi connectivity index (χ3v) is 2.99. The summed E-state index contributed by atoms with van der Waals surface area (Å²) in [6.07, 6.45) is 4.26. The van der Waals surface area contributed by atoms with Gasteiger partial charge < -0.3 is 16.2 Å². The molecule has 0 radical (unpaired) electrons. The lowest BCUT2D eigenvalue weighted by Gasteiger charge is -2.30. The lowest BCUT2D eigenvalue weighted by molar-refractivity contribution is 0.139. The Balaban J connectivity index is 2.22. The fourth-order valence-electron chi connectivity index (χ4n) is 1.80. The smallest absolute Gasteiger partial charge is 0.0662 e.